The largest absolute Gasteiger partial charge is 0.323 e. The SMILES string of the molecule is Cc1ccsc1C(N)C1CC1C. The molecule has 1 aliphatic carbocycles. The van der Waals surface area contributed by atoms with E-state index in [0.29, 0.717) is 6.04 Å². The smallest absolute Gasteiger partial charge is 0.0423 e. The van der Waals surface area contributed by atoms with Crippen LogP contribution in [0.1, 0.15) is 29.8 Å². The van der Waals surface area contributed by atoms with Crippen LogP contribution >= 0.6 is 11.3 Å². The maximum atomic E-state index is 6.15. The Labute approximate surface area is 77.6 Å². The van der Waals surface area contributed by atoms with Crippen LogP contribution in [0.5, 0.6) is 0 Å². The predicted molar refractivity (Wildman–Crippen MR) is 53.3 cm³/mol. The average molecular weight is 181 g/mol. The monoisotopic (exact) mass is 181 g/mol. The Morgan fingerprint density at radius 1 is 1.67 bits per heavy atom. The van der Waals surface area contributed by atoms with Gasteiger partial charge in [-0.15, -0.1) is 11.3 Å². The molecule has 3 unspecified atom stereocenters. The summed E-state index contributed by atoms with van der Waals surface area (Å²) in [7, 11) is 0. The van der Waals surface area contributed by atoms with Crippen molar-refractivity contribution in [3.8, 4) is 0 Å². The van der Waals surface area contributed by atoms with E-state index < -0.39 is 0 Å². The van der Waals surface area contributed by atoms with Crippen molar-refractivity contribution in [1.29, 1.82) is 0 Å². The third kappa shape index (κ3) is 1.29. The van der Waals surface area contributed by atoms with Crippen molar-refractivity contribution in [2.75, 3.05) is 0 Å². The molecule has 0 saturated heterocycles. The zero-order chi connectivity index (χ0) is 8.72. The first kappa shape index (κ1) is 8.27. The van der Waals surface area contributed by atoms with E-state index in [4.69, 9.17) is 5.73 Å². The van der Waals surface area contributed by atoms with Crippen LogP contribution < -0.4 is 5.73 Å². The first-order valence-electron chi connectivity index (χ1n) is 4.49. The van der Waals surface area contributed by atoms with Crippen LogP contribution in [0, 0.1) is 18.8 Å². The van der Waals surface area contributed by atoms with Crippen LogP contribution in [-0.4, -0.2) is 0 Å². The van der Waals surface area contributed by atoms with Crippen LogP contribution in [0.25, 0.3) is 0 Å². The Bertz CT molecular complexity index is 279. The number of aryl methyl sites for hydroxylation is 1. The molecule has 66 valence electrons. The summed E-state index contributed by atoms with van der Waals surface area (Å²) in [6, 6.07) is 2.47. The molecule has 0 radical (unpaired) electrons. The van der Waals surface area contributed by atoms with E-state index in [9.17, 15) is 0 Å². The zero-order valence-electron chi connectivity index (χ0n) is 7.58. The molecular formula is C10H15NS. The average Bonchev–Trinajstić information content (AvgIpc) is 2.59. The highest BCUT2D eigenvalue weighted by Crippen LogP contribution is 2.47. The molecule has 2 heteroatoms. The molecule has 1 nitrogen and oxygen atoms in total. The molecule has 0 aromatic carbocycles. The maximum absolute atomic E-state index is 6.15. The van der Waals surface area contributed by atoms with E-state index >= 15 is 0 Å². The highest BCUT2D eigenvalue weighted by Gasteiger charge is 2.39. The van der Waals surface area contributed by atoms with Crippen molar-refractivity contribution in [2.45, 2.75) is 26.3 Å². The summed E-state index contributed by atoms with van der Waals surface area (Å²) in [6.07, 6.45) is 1.32. The lowest BCUT2D eigenvalue weighted by Gasteiger charge is -2.09. The van der Waals surface area contributed by atoms with Gasteiger partial charge in [-0.1, -0.05) is 6.92 Å². The molecule has 0 amide bonds. The van der Waals surface area contributed by atoms with Gasteiger partial charge in [-0.2, -0.15) is 0 Å². The minimum absolute atomic E-state index is 0.306. The molecule has 1 heterocycles. The Morgan fingerprint density at radius 3 is 2.75 bits per heavy atom. The van der Waals surface area contributed by atoms with Crippen molar-refractivity contribution in [2.24, 2.45) is 17.6 Å². The molecule has 1 aromatic rings. The minimum atomic E-state index is 0.306. The van der Waals surface area contributed by atoms with Gasteiger partial charge in [0.05, 0.1) is 0 Å². The van der Waals surface area contributed by atoms with Gasteiger partial charge in [0, 0.05) is 10.9 Å². The zero-order valence-corrected chi connectivity index (χ0v) is 8.40. The summed E-state index contributed by atoms with van der Waals surface area (Å²) in [4.78, 5) is 1.39. The first-order valence-corrected chi connectivity index (χ1v) is 5.37. The van der Waals surface area contributed by atoms with E-state index in [-0.39, 0.29) is 0 Å². The fourth-order valence-corrected chi connectivity index (χ4v) is 2.78. The van der Waals surface area contributed by atoms with Crippen molar-refractivity contribution in [1.82, 2.24) is 0 Å². The quantitative estimate of drug-likeness (QED) is 0.746. The second-order valence-corrected chi connectivity index (χ2v) is 4.82. The van der Waals surface area contributed by atoms with Gasteiger partial charge in [0.2, 0.25) is 0 Å². The standard InChI is InChI=1S/C10H15NS/c1-6-3-4-12-10(6)9(11)8-5-7(8)2/h3-4,7-9H,5,11H2,1-2H3. The normalized spacial score (nSPS) is 30.2. The van der Waals surface area contributed by atoms with Crippen molar-refractivity contribution < 1.29 is 0 Å². The first-order chi connectivity index (χ1) is 5.70. The maximum Gasteiger partial charge on any atom is 0.0423 e. The number of rotatable bonds is 2. The number of hydrogen-bond donors (Lipinski definition) is 1. The molecule has 1 saturated carbocycles. The van der Waals surface area contributed by atoms with Crippen LogP contribution in [0.3, 0.4) is 0 Å². The van der Waals surface area contributed by atoms with E-state index in [1.54, 1.807) is 11.3 Å². The molecule has 0 spiro atoms. The predicted octanol–water partition coefficient (Wildman–Crippen LogP) is 2.71. The van der Waals surface area contributed by atoms with Gasteiger partial charge in [-0.25, -0.2) is 0 Å². The molecule has 1 fully saturated rings. The molecule has 0 bridgehead atoms. The van der Waals surface area contributed by atoms with Crippen LogP contribution in [0.15, 0.2) is 11.4 Å². The van der Waals surface area contributed by atoms with Gasteiger partial charge in [-0.05, 0) is 42.2 Å². The van der Waals surface area contributed by atoms with E-state index in [0.717, 1.165) is 11.8 Å². The summed E-state index contributed by atoms with van der Waals surface area (Å²) in [5.41, 5.74) is 7.51. The van der Waals surface area contributed by atoms with Crippen LogP contribution in [-0.2, 0) is 0 Å². The second-order valence-electron chi connectivity index (χ2n) is 3.87. The molecule has 1 aromatic heterocycles. The van der Waals surface area contributed by atoms with Gasteiger partial charge in [0.1, 0.15) is 0 Å². The van der Waals surface area contributed by atoms with E-state index in [1.165, 1.54) is 16.9 Å². The highest BCUT2D eigenvalue weighted by molar-refractivity contribution is 7.10. The number of thiophene rings is 1. The minimum Gasteiger partial charge on any atom is -0.323 e. The van der Waals surface area contributed by atoms with Crippen molar-refractivity contribution in [3.63, 3.8) is 0 Å². The van der Waals surface area contributed by atoms with Crippen molar-refractivity contribution in [3.05, 3.63) is 21.9 Å². The van der Waals surface area contributed by atoms with Gasteiger partial charge in [0.15, 0.2) is 0 Å². The summed E-state index contributed by atoms with van der Waals surface area (Å²) < 4.78 is 0. The van der Waals surface area contributed by atoms with Crippen LogP contribution in [0.2, 0.25) is 0 Å². The summed E-state index contributed by atoms with van der Waals surface area (Å²) in [5, 5.41) is 2.14. The van der Waals surface area contributed by atoms with Gasteiger partial charge in [0.25, 0.3) is 0 Å². The number of hydrogen-bond acceptors (Lipinski definition) is 2. The lowest BCUT2D eigenvalue weighted by Crippen LogP contribution is -2.12. The van der Waals surface area contributed by atoms with Crippen molar-refractivity contribution >= 4 is 11.3 Å². The third-order valence-corrected chi connectivity index (χ3v) is 3.96. The van der Waals surface area contributed by atoms with Crippen LogP contribution in [0.4, 0.5) is 0 Å². The molecule has 0 aliphatic heterocycles. The molecule has 12 heavy (non-hydrogen) atoms. The molecule has 1 aliphatic rings. The molecule has 2 N–H and O–H groups in total. The molecular weight excluding hydrogens is 166 g/mol. The summed E-state index contributed by atoms with van der Waals surface area (Å²) in [5.74, 6) is 1.60. The summed E-state index contributed by atoms with van der Waals surface area (Å²) in [6.45, 7) is 4.44. The third-order valence-electron chi connectivity index (χ3n) is 2.84. The highest BCUT2D eigenvalue weighted by atomic mass is 32.1. The molecule has 2 rings (SSSR count). The lowest BCUT2D eigenvalue weighted by molar-refractivity contribution is 0.600. The number of nitrogens with two attached hydrogens (primary N) is 1. The Balaban J connectivity index is 2.14. The van der Waals surface area contributed by atoms with Gasteiger partial charge in [-0.3, -0.25) is 0 Å². The Morgan fingerprint density at radius 2 is 2.33 bits per heavy atom. The lowest BCUT2D eigenvalue weighted by atomic mass is 10.1. The second kappa shape index (κ2) is 2.86. The molecule has 3 atom stereocenters. The fourth-order valence-electron chi connectivity index (χ4n) is 1.77. The Hall–Kier alpha value is -0.340. The van der Waals surface area contributed by atoms with Gasteiger partial charge >= 0.3 is 0 Å². The van der Waals surface area contributed by atoms with E-state index in [2.05, 4.69) is 25.3 Å². The van der Waals surface area contributed by atoms with Gasteiger partial charge < -0.3 is 5.73 Å². The summed E-state index contributed by atoms with van der Waals surface area (Å²) >= 11 is 1.80. The van der Waals surface area contributed by atoms with E-state index in [1.807, 2.05) is 0 Å². The Kier molecular flexibility index (Phi) is 1.97. The topological polar surface area (TPSA) is 26.0 Å². The fraction of sp³-hybridized carbons (Fsp3) is 0.600.